The van der Waals surface area contributed by atoms with Crippen molar-refractivity contribution in [3.05, 3.63) is 65.9 Å². The number of hydrogen-bond acceptors (Lipinski definition) is 5. The molecule has 1 amide bonds. The number of nitrogens with one attached hydrogen (secondary N) is 1. The Kier molecular flexibility index (Phi) is 6.92. The van der Waals surface area contributed by atoms with Crippen LogP contribution in [0.3, 0.4) is 0 Å². The average Bonchev–Trinajstić information content (AvgIpc) is 3.22. The van der Waals surface area contributed by atoms with Crippen LogP contribution < -0.4 is 10.1 Å². The maximum atomic E-state index is 13.0. The lowest BCUT2D eigenvalue weighted by molar-refractivity contribution is -0.126. The summed E-state index contributed by atoms with van der Waals surface area (Å²) >= 11 is 0. The molecule has 37 heavy (non-hydrogen) atoms. The Balaban J connectivity index is 1.22. The number of hydrogen-bond donors (Lipinski definition) is 1. The number of fused-ring (bicyclic) bond motifs is 3. The van der Waals surface area contributed by atoms with Crippen LogP contribution in [0.15, 0.2) is 59.5 Å². The highest BCUT2D eigenvalue weighted by atomic mass is 32.2. The van der Waals surface area contributed by atoms with Gasteiger partial charge in [0.25, 0.3) is 0 Å². The molecule has 0 aliphatic carbocycles. The van der Waals surface area contributed by atoms with E-state index in [0.717, 1.165) is 22.2 Å². The Hall–Kier alpha value is -3.43. The van der Waals surface area contributed by atoms with E-state index in [2.05, 4.69) is 35.0 Å². The molecular weight excluding hydrogens is 488 g/mol. The maximum absolute atomic E-state index is 13.0. The molecule has 0 radical (unpaired) electrons. The van der Waals surface area contributed by atoms with E-state index in [9.17, 15) is 13.2 Å². The second-order valence-corrected chi connectivity index (χ2v) is 11.5. The second-order valence-electron chi connectivity index (χ2n) is 9.59. The zero-order valence-electron chi connectivity index (χ0n) is 21.4. The molecular formula is C28H32N4O4S. The number of para-hydroxylation sites is 1. The molecule has 1 saturated heterocycles. The molecule has 1 N–H and O–H groups in total. The van der Waals surface area contributed by atoms with E-state index in [1.165, 1.54) is 15.3 Å². The van der Waals surface area contributed by atoms with E-state index in [-0.39, 0.29) is 16.7 Å². The van der Waals surface area contributed by atoms with Crippen LogP contribution in [0.4, 0.5) is 0 Å². The number of pyridine rings is 1. The van der Waals surface area contributed by atoms with Crippen LogP contribution in [0.5, 0.6) is 5.75 Å². The van der Waals surface area contributed by atoms with Crippen LogP contribution in [-0.4, -0.2) is 54.9 Å². The lowest BCUT2D eigenvalue weighted by atomic mass is 9.97. The lowest BCUT2D eigenvalue weighted by Gasteiger charge is -2.30. The largest absolute Gasteiger partial charge is 0.497 e. The molecule has 9 heteroatoms. The Morgan fingerprint density at radius 2 is 1.78 bits per heavy atom. The van der Waals surface area contributed by atoms with Crippen LogP contribution in [-0.2, 0) is 21.4 Å². The van der Waals surface area contributed by atoms with Gasteiger partial charge in [-0.15, -0.1) is 0 Å². The Labute approximate surface area is 217 Å². The number of nitrogens with zero attached hydrogens (tertiary/aromatic N) is 3. The number of benzene rings is 2. The minimum atomic E-state index is -3.60. The van der Waals surface area contributed by atoms with E-state index in [1.807, 2.05) is 19.1 Å². The number of carbonyl (C=O) groups excluding carboxylic acids is 1. The fourth-order valence-corrected chi connectivity index (χ4v) is 6.77. The van der Waals surface area contributed by atoms with Crippen molar-refractivity contribution < 1.29 is 17.9 Å². The first-order valence-electron chi connectivity index (χ1n) is 12.6. The average molecular weight is 521 g/mol. The highest BCUT2D eigenvalue weighted by Crippen LogP contribution is 2.30. The number of rotatable bonds is 7. The molecule has 5 rings (SSSR count). The van der Waals surface area contributed by atoms with E-state index in [0.29, 0.717) is 44.8 Å². The van der Waals surface area contributed by atoms with Crippen LogP contribution in [0, 0.1) is 19.8 Å². The van der Waals surface area contributed by atoms with Gasteiger partial charge in [-0.2, -0.15) is 4.31 Å². The normalized spacial score (nSPS) is 15.3. The number of piperidine rings is 1. The molecule has 1 fully saturated rings. The quantitative estimate of drug-likeness (QED) is 0.397. The smallest absolute Gasteiger partial charge is 0.243 e. The lowest BCUT2D eigenvalue weighted by Crippen LogP contribution is -2.43. The molecule has 0 unspecified atom stereocenters. The Morgan fingerprint density at radius 3 is 2.49 bits per heavy atom. The van der Waals surface area contributed by atoms with Crippen molar-refractivity contribution in [2.45, 2.75) is 38.1 Å². The van der Waals surface area contributed by atoms with E-state index in [1.54, 1.807) is 31.4 Å². The van der Waals surface area contributed by atoms with Gasteiger partial charge >= 0.3 is 0 Å². The maximum Gasteiger partial charge on any atom is 0.243 e. The number of aryl methyl sites for hydroxylation is 2. The van der Waals surface area contributed by atoms with Crippen molar-refractivity contribution in [3.63, 3.8) is 0 Å². The third-order valence-electron chi connectivity index (χ3n) is 7.20. The van der Waals surface area contributed by atoms with Gasteiger partial charge in [0.2, 0.25) is 15.9 Å². The fourth-order valence-electron chi connectivity index (χ4n) is 5.30. The topological polar surface area (TPSA) is 93.5 Å². The molecule has 194 valence electrons. The first-order valence-corrected chi connectivity index (χ1v) is 14.0. The zero-order valence-corrected chi connectivity index (χ0v) is 22.2. The molecule has 4 aromatic rings. The van der Waals surface area contributed by atoms with Crippen molar-refractivity contribution >= 4 is 37.9 Å². The summed E-state index contributed by atoms with van der Waals surface area (Å²) in [6.07, 6.45) is 0.993. The van der Waals surface area contributed by atoms with E-state index in [4.69, 9.17) is 9.72 Å². The van der Waals surface area contributed by atoms with Gasteiger partial charge in [-0.05, 0) is 68.7 Å². The van der Waals surface area contributed by atoms with Crippen molar-refractivity contribution in [1.82, 2.24) is 19.2 Å². The Morgan fingerprint density at radius 1 is 1.08 bits per heavy atom. The molecule has 2 aromatic heterocycles. The fraction of sp³-hybridized carbons (Fsp3) is 0.357. The van der Waals surface area contributed by atoms with Gasteiger partial charge in [0.15, 0.2) is 0 Å². The van der Waals surface area contributed by atoms with Gasteiger partial charge in [-0.3, -0.25) is 4.79 Å². The zero-order chi connectivity index (χ0) is 26.2. The molecule has 1 aliphatic rings. The minimum Gasteiger partial charge on any atom is -0.497 e. The number of methoxy groups -OCH3 is 1. The van der Waals surface area contributed by atoms with Crippen LogP contribution in [0.1, 0.15) is 24.1 Å². The molecule has 0 spiro atoms. The van der Waals surface area contributed by atoms with Crippen molar-refractivity contribution in [2.24, 2.45) is 5.92 Å². The third-order valence-corrected chi connectivity index (χ3v) is 9.11. The van der Waals surface area contributed by atoms with E-state index < -0.39 is 10.0 Å². The van der Waals surface area contributed by atoms with Gasteiger partial charge in [0.05, 0.1) is 17.5 Å². The summed E-state index contributed by atoms with van der Waals surface area (Å²) in [4.78, 5) is 18.0. The van der Waals surface area contributed by atoms with Gasteiger partial charge in [0.1, 0.15) is 11.4 Å². The Bertz CT molecular complexity index is 1550. The number of sulfonamides is 1. The molecule has 3 heterocycles. The summed E-state index contributed by atoms with van der Waals surface area (Å²) < 4.78 is 34.8. The highest BCUT2D eigenvalue weighted by molar-refractivity contribution is 7.89. The number of ether oxygens (including phenoxy) is 1. The van der Waals surface area contributed by atoms with Crippen molar-refractivity contribution in [2.75, 3.05) is 26.7 Å². The SMILES string of the molecule is COc1ccc(S(=O)(=O)N2CCC(C(=O)NCCn3c4ccccc4c4c(C)cc(C)nc43)CC2)cc1. The summed E-state index contributed by atoms with van der Waals surface area (Å²) in [5.74, 6) is 0.377. The summed E-state index contributed by atoms with van der Waals surface area (Å²) in [6.45, 7) is 5.83. The predicted molar refractivity (Wildman–Crippen MR) is 144 cm³/mol. The number of aromatic nitrogens is 2. The first-order chi connectivity index (χ1) is 17.8. The van der Waals surface area contributed by atoms with Gasteiger partial charge < -0.3 is 14.6 Å². The standard InChI is InChI=1S/C28H32N4O4S/c1-19-18-20(2)30-27-26(19)24-6-4-5-7-25(24)32(27)17-14-29-28(33)21-12-15-31(16-13-21)37(34,35)23-10-8-22(36-3)9-11-23/h4-11,18,21H,12-17H2,1-3H3,(H,29,33). The first kappa shape index (κ1) is 25.2. The van der Waals surface area contributed by atoms with Gasteiger partial charge in [-0.25, -0.2) is 13.4 Å². The van der Waals surface area contributed by atoms with Crippen molar-refractivity contribution in [3.8, 4) is 5.75 Å². The monoisotopic (exact) mass is 520 g/mol. The van der Waals surface area contributed by atoms with Crippen LogP contribution >= 0.6 is 0 Å². The summed E-state index contributed by atoms with van der Waals surface area (Å²) in [5.41, 5.74) is 4.20. The number of carbonyl (C=O) groups is 1. The summed E-state index contributed by atoms with van der Waals surface area (Å²) in [6, 6.07) is 16.8. The van der Waals surface area contributed by atoms with Gasteiger partial charge in [-0.1, -0.05) is 18.2 Å². The summed E-state index contributed by atoms with van der Waals surface area (Å²) in [7, 11) is -2.05. The molecule has 0 bridgehead atoms. The summed E-state index contributed by atoms with van der Waals surface area (Å²) in [5, 5.41) is 5.39. The number of amides is 1. The van der Waals surface area contributed by atoms with Crippen LogP contribution in [0.25, 0.3) is 21.9 Å². The molecule has 1 aliphatic heterocycles. The van der Waals surface area contributed by atoms with Crippen molar-refractivity contribution in [1.29, 1.82) is 0 Å². The molecule has 8 nitrogen and oxygen atoms in total. The molecule has 2 aromatic carbocycles. The van der Waals surface area contributed by atoms with Gasteiger partial charge in [0, 0.05) is 48.6 Å². The highest BCUT2D eigenvalue weighted by Gasteiger charge is 2.32. The predicted octanol–water partition coefficient (Wildman–Crippen LogP) is 4.03. The van der Waals surface area contributed by atoms with Crippen LogP contribution in [0.2, 0.25) is 0 Å². The third kappa shape index (κ3) is 4.81. The van der Waals surface area contributed by atoms with E-state index >= 15 is 0 Å². The second kappa shape index (κ2) is 10.1. The molecule has 0 saturated carbocycles. The molecule has 0 atom stereocenters. The minimum absolute atomic E-state index is 0.0254.